The molecule has 1 aliphatic heterocycles. The molecule has 1 N–H and O–H groups in total. The summed E-state index contributed by atoms with van der Waals surface area (Å²) in [6.07, 6.45) is 0. The maximum absolute atomic E-state index is 11.5. The second-order valence-corrected chi connectivity index (χ2v) is 7.77. The Labute approximate surface area is 114 Å². The molecule has 1 saturated heterocycles. The molecule has 0 amide bonds. The predicted octanol–water partition coefficient (Wildman–Crippen LogP) is 1.09. The lowest BCUT2D eigenvalue weighted by Crippen LogP contribution is -2.51. The van der Waals surface area contributed by atoms with Crippen LogP contribution in [0.25, 0.3) is 0 Å². The summed E-state index contributed by atoms with van der Waals surface area (Å²) < 4.78 is 22.9. The van der Waals surface area contributed by atoms with E-state index in [0.29, 0.717) is 11.6 Å². The van der Waals surface area contributed by atoms with Crippen molar-refractivity contribution in [1.82, 2.24) is 4.90 Å². The van der Waals surface area contributed by atoms with Crippen LogP contribution in [0.4, 0.5) is 0 Å². The Morgan fingerprint density at radius 3 is 2.89 bits per heavy atom. The molecular formula is C10H12ClNO4S2. The van der Waals surface area contributed by atoms with E-state index in [-0.39, 0.29) is 18.1 Å². The van der Waals surface area contributed by atoms with Gasteiger partial charge in [0.15, 0.2) is 9.84 Å². The summed E-state index contributed by atoms with van der Waals surface area (Å²) in [6.45, 7) is 0.608. The molecular weight excluding hydrogens is 298 g/mol. The second kappa shape index (κ2) is 5.16. The topological polar surface area (TPSA) is 74.7 Å². The fourth-order valence-corrected chi connectivity index (χ4v) is 4.51. The third-order valence-corrected chi connectivity index (χ3v) is 5.86. The van der Waals surface area contributed by atoms with Gasteiger partial charge in [-0.25, -0.2) is 8.42 Å². The highest BCUT2D eigenvalue weighted by molar-refractivity contribution is 7.91. The highest BCUT2D eigenvalue weighted by Crippen LogP contribution is 2.25. The Bertz CT molecular complexity index is 554. The lowest BCUT2D eigenvalue weighted by molar-refractivity contribution is -0.142. The van der Waals surface area contributed by atoms with E-state index in [9.17, 15) is 13.2 Å². The first-order valence-corrected chi connectivity index (χ1v) is 8.36. The zero-order valence-corrected chi connectivity index (χ0v) is 11.8. The van der Waals surface area contributed by atoms with Crippen molar-refractivity contribution in [2.75, 3.05) is 18.1 Å². The summed E-state index contributed by atoms with van der Waals surface area (Å²) in [5.41, 5.74) is 0. The quantitative estimate of drug-likeness (QED) is 0.904. The largest absolute Gasteiger partial charge is 0.480 e. The van der Waals surface area contributed by atoms with Gasteiger partial charge in [-0.3, -0.25) is 9.69 Å². The number of aliphatic carboxylic acids is 1. The Kier molecular flexibility index (Phi) is 3.96. The van der Waals surface area contributed by atoms with Crippen LogP contribution in [0.5, 0.6) is 0 Å². The summed E-state index contributed by atoms with van der Waals surface area (Å²) >= 11 is 7.40. The lowest BCUT2D eigenvalue weighted by Gasteiger charge is -2.32. The molecule has 0 saturated carbocycles. The van der Waals surface area contributed by atoms with E-state index >= 15 is 0 Å². The van der Waals surface area contributed by atoms with E-state index < -0.39 is 21.8 Å². The zero-order chi connectivity index (χ0) is 13.3. The van der Waals surface area contributed by atoms with Crippen molar-refractivity contribution in [3.8, 4) is 0 Å². The third kappa shape index (κ3) is 3.03. The number of sulfone groups is 1. The van der Waals surface area contributed by atoms with Crippen LogP contribution in [0.2, 0.25) is 5.02 Å². The van der Waals surface area contributed by atoms with E-state index in [1.807, 2.05) is 5.38 Å². The van der Waals surface area contributed by atoms with E-state index in [4.69, 9.17) is 16.7 Å². The molecule has 2 rings (SSSR count). The predicted molar refractivity (Wildman–Crippen MR) is 69.8 cm³/mol. The van der Waals surface area contributed by atoms with Crippen molar-refractivity contribution in [2.24, 2.45) is 0 Å². The van der Waals surface area contributed by atoms with Crippen LogP contribution < -0.4 is 0 Å². The van der Waals surface area contributed by atoms with Gasteiger partial charge in [0, 0.05) is 18.0 Å². The number of rotatable bonds is 3. The third-order valence-electron chi connectivity index (χ3n) is 2.86. The van der Waals surface area contributed by atoms with Gasteiger partial charge < -0.3 is 5.11 Å². The monoisotopic (exact) mass is 309 g/mol. The standard InChI is InChI=1S/C10H12ClNO4S2/c11-7-1-3-17-9(7)5-12-2-4-18(15,16)6-8(12)10(13)14/h1,3,8H,2,4-6H2,(H,13,14). The maximum Gasteiger partial charge on any atom is 0.321 e. The molecule has 1 aromatic heterocycles. The van der Waals surface area contributed by atoms with Crippen molar-refractivity contribution in [3.05, 3.63) is 21.3 Å². The number of halogens is 1. The van der Waals surface area contributed by atoms with Crippen molar-refractivity contribution in [3.63, 3.8) is 0 Å². The Balaban J connectivity index is 2.17. The first-order chi connectivity index (χ1) is 8.39. The average molecular weight is 310 g/mol. The SMILES string of the molecule is O=C(O)C1CS(=O)(=O)CCN1Cc1sccc1Cl. The molecule has 8 heteroatoms. The molecule has 1 aromatic rings. The van der Waals surface area contributed by atoms with Gasteiger partial charge in [0.1, 0.15) is 6.04 Å². The highest BCUT2D eigenvalue weighted by atomic mass is 35.5. The first-order valence-electron chi connectivity index (χ1n) is 5.28. The minimum atomic E-state index is -3.25. The van der Waals surface area contributed by atoms with E-state index in [0.717, 1.165) is 4.88 Å². The summed E-state index contributed by atoms with van der Waals surface area (Å²) in [5.74, 6) is -1.43. The van der Waals surface area contributed by atoms with E-state index in [2.05, 4.69) is 0 Å². The molecule has 5 nitrogen and oxygen atoms in total. The average Bonchev–Trinajstić information content (AvgIpc) is 2.66. The number of carbonyl (C=O) groups is 1. The Hall–Kier alpha value is -0.630. The number of carboxylic acid groups (broad SMARTS) is 1. The molecule has 1 atom stereocenters. The van der Waals surface area contributed by atoms with Crippen LogP contribution in [0.1, 0.15) is 4.88 Å². The van der Waals surface area contributed by atoms with E-state index in [1.54, 1.807) is 11.0 Å². The van der Waals surface area contributed by atoms with Gasteiger partial charge in [0.25, 0.3) is 0 Å². The molecule has 2 heterocycles. The first kappa shape index (κ1) is 13.8. The van der Waals surface area contributed by atoms with Crippen LogP contribution in [0.15, 0.2) is 11.4 Å². The van der Waals surface area contributed by atoms with Gasteiger partial charge in [0.2, 0.25) is 0 Å². The molecule has 18 heavy (non-hydrogen) atoms. The molecule has 0 bridgehead atoms. The molecule has 1 fully saturated rings. The molecule has 100 valence electrons. The van der Waals surface area contributed by atoms with Crippen LogP contribution in [-0.2, 0) is 21.2 Å². The van der Waals surface area contributed by atoms with Gasteiger partial charge >= 0.3 is 5.97 Å². The van der Waals surface area contributed by atoms with Gasteiger partial charge in [0.05, 0.1) is 16.5 Å². The van der Waals surface area contributed by atoms with Crippen LogP contribution in [-0.4, -0.2) is 48.5 Å². The molecule has 0 aromatic carbocycles. The van der Waals surface area contributed by atoms with E-state index in [1.165, 1.54) is 11.3 Å². The molecule has 0 spiro atoms. The van der Waals surface area contributed by atoms with Crippen molar-refractivity contribution in [1.29, 1.82) is 0 Å². The Morgan fingerprint density at radius 2 is 2.33 bits per heavy atom. The minimum absolute atomic E-state index is 0.000224. The minimum Gasteiger partial charge on any atom is -0.480 e. The van der Waals surface area contributed by atoms with Crippen molar-refractivity contribution >= 4 is 38.7 Å². The lowest BCUT2D eigenvalue weighted by atomic mass is 10.2. The van der Waals surface area contributed by atoms with Crippen LogP contribution >= 0.6 is 22.9 Å². The van der Waals surface area contributed by atoms with Crippen molar-refractivity contribution < 1.29 is 18.3 Å². The van der Waals surface area contributed by atoms with Gasteiger partial charge in [-0.2, -0.15) is 0 Å². The molecule has 0 radical (unpaired) electrons. The fourth-order valence-electron chi connectivity index (χ4n) is 1.88. The van der Waals surface area contributed by atoms with Gasteiger partial charge in [-0.05, 0) is 11.4 Å². The van der Waals surface area contributed by atoms with Gasteiger partial charge in [-0.1, -0.05) is 11.6 Å². The Morgan fingerprint density at radius 1 is 1.61 bits per heavy atom. The maximum atomic E-state index is 11.5. The zero-order valence-electron chi connectivity index (χ0n) is 9.37. The molecule has 1 aliphatic rings. The number of carboxylic acids is 1. The summed E-state index contributed by atoms with van der Waals surface area (Å²) in [7, 11) is -3.25. The smallest absolute Gasteiger partial charge is 0.321 e. The number of hydrogen-bond donors (Lipinski definition) is 1. The van der Waals surface area contributed by atoms with Crippen LogP contribution in [0, 0.1) is 0 Å². The second-order valence-electron chi connectivity index (χ2n) is 4.13. The normalized spacial score (nSPS) is 23.9. The van der Waals surface area contributed by atoms with Crippen LogP contribution in [0.3, 0.4) is 0 Å². The summed E-state index contributed by atoms with van der Waals surface area (Å²) in [5, 5.41) is 11.5. The van der Waals surface area contributed by atoms with Gasteiger partial charge in [-0.15, -0.1) is 11.3 Å². The highest BCUT2D eigenvalue weighted by Gasteiger charge is 2.36. The number of nitrogens with zero attached hydrogens (tertiary/aromatic N) is 1. The number of thiophene rings is 1. The van der Waals surface area contributed by atoms with Crippen molar-refractivity contribution in [2.45, 2.75) is 12.6 Å². The summed E-state index contributed by atoms with van der Waals surface area (Å²) in [4.78, 5) is 13.6. The molecule has 1 unspecified atom stereocenters. The fraction of sp³-hybridized carbons (Fsp3) is 0.500. The summed E-state index contributed by atoms with van der Waals surface area (Å²) in [6, 6.07) is 0.764. The molecule has 0 aliphatic carbocycles. The number of hydrogen-bond acceptors (Lipinski definition) is 5.